The van der Waals surface area contributed by atoms with Gasteiger partial charge in [0, 0.05) is 35.3 Å². The molecule has 1 aromatic heterocycles. The number of nitrogens with one attached hydrogen (secondary N) is 2. The van der Waals surface area contributed by atoms with Crippen molar-refractivity contribution in [1.82, 2.24) is 15.6 Å². The summed E-state index contributed by atoms with van der Waals surface area (Å²) in [6, 6.07) is 0. The predicted octanol–water partition coefficient (Wildman–Crippen LogP) is 3.22. The van der Waals surface area contributed by atoms with Gasteiger partial charge < -0.3 is 10.6 Å². The molecule has 1 fully saturated rings. The van der Waals surface area contributed by atoms with E-state index in [1.165, 1.54) is 23.6 Å². The first-order valence-corrected chi connectivity index (χ1v) is 10.0. The lowest BCUT2D eigenvalue weighted by Crippen LogP contribution is -2.39. The number of thioether (sulfide) groups is 1. The van der Waals surface area contributed by atoms with Gasteiger partial charge in [-0.1, -0.05) is 0 Å². The Morgan fingerprint density at radius 3 is 2.95 bits per heavy atom. The van der Waals surface area contributed by atoms with E-state index < -0.39 is 0 Å². The van der Waals surface area contributed by atoms with Gasteiger partial charge >= 0.3 is 0 Å². The van der Waals surface area contributed by atoms with Crippen molar-refractivity contribution in [3.63, 3.8) is 0 Å². The quantitative estimate of drug-likeness (QED) is 0.454. The molecule has 0 aliphatic carbocycles. The van der Waals surface area contributed by atoms with E-state index >= 15 is 0 Å². The molecule has 1 unspecified atom stereocenters. The van der Waals surface area contributed by atoms with Crippen LogP contribution in [0, 0.1) is 6.92 Å². The maximum Gasteiger partial charge on any atom is 0.191 e. The van der Waals surface area contributed by atoms with E-state index in [2.05, 4.69) is 53.5 Å². The van der Waals surface area contributed by atoms with E-state index in [0.717, 1.165) is 44.1 Å². The molecule has 1 aromatic rings. The SMILES string of the molecule is CCNC(=NCC1(C)CCCS1)NCCCc1nc(C)cs1. The van der Waals surface area contributed by atoms with Crippen LogP contribution >= 0.6 is 23.1 Å². The molecule has 0 radical (unpaired) electrons. The highest BCUT2D eigenvalue weighted by Crippen LogP contribution is 2.37. The van der Waals surface area contributed by atoms with Crippen LogP contribution in [0.4, 0.5) is 0 Å². The van der Waals surface area contributed by atoms with Crippen LogP contribution in [0.3, 0.4) is 0 Å². The third-order valence-corrected chi connectivity index (χ3v) is 6.29. The van der Waals surface area contributed by atoms with Crippen LogP contribution in [0.2, 0.25) is 0 Å². The lowest BCUT2D eigenvalue weighted by atomic mass is 10.1. The molecular formula is C16H28N4S2. The van der Waals surface area contributed by atoms with E-state index in [9.17, 15) is 0 Å². The highest BCUT2D eigenvalue weighted by Gasteiger charge is 2.29. The maximum absolute atomic E-state index is 4.78. The number of guanidine groups is 1. The van der Waals surface area contributed by atoms with Crippen molar-refractivity contribution in [3.05, 3.63) is 16.1 Å². The second kappa shape index (κ2) is 8.77. The van der Waals surface area contributed by atoms with Crippen molar-refractivity contribution in [1.29, 1.82) is 0 Å². The molecule has 2 N–H and O–H groups in total. The van der Waals surface area contributed by atoms with Crippen LogP contribution in [0.1, 0.15) is 43.8 Å². The lowest BCUT2D eigenvalue weighted by Gasteiger charge is -2.21. The molecule has 1 aliphatic heterocycles. The average molecular weight is 341 g/mol. The highest BCUT2D eigenvalue weighted by atomic mass is 32.2. The molecule has 1 aliphatic rings. The number of hydrogen-bond donors (Lipinski definition) is 2. The van der Waals surface area contributed by atoms with E-state index in [1.807, 2.05) is 0 Å². The summed E-state index contributed by atoms with van der Waals surface area (Å²) in [7, 11) is 0. The summed E-state index contributed by atoms with van der Waals surface area (Å²) in [5, 5.41) is 10.1. The van der Waals surface area contributed by atoms with Gasteiger partial charge in [0.2, 0.25) is 0 Å². The molecule has 124 valence electrons. The first-order chi connectivity index (χ1) is 10.6. The molecule has 0 bridgehead atoms. The zero-order chi connectivity index (χ0) is 15.8. The monoisotopic (exact) mass is 340 g/mol. The van der Waals surface area contributed by atoms with Crippen molar-refractivity contribution in [2.24, 2.45) is 4.99 Å². The summed E-state index contributed by atoms with van der Waals surface area (Å²) in [4.78, 5) is 9.28. The standard InChI is InChI=1S/C16H28N4S2/c1-4-17-15(19-12-16(3)8-6-10-22-16)18-9-5-7-14-20-13(2)11-21-14/h11H,4-10,12H2,1-3H3,(H2,17,18,19). The number of aryl methyl sites for hydroxylation is 2. The molecule has 0 amide bonds. The Bertz CT molecular complexity index is 478. The van der Waals surface area contributed by atoms with Crippen molar-refractivity contribution >= 4 is 29.1 Å². The molecule has 1 saturated heterocycles. The van der Waals surface area contributed by atoms with Crippen LogP contribution in [0.5, 0.6) is 0 Å². The first-order valence-electron chi connectivity index (χ1n) is 8.18. The molecule has 6 heteroatoms. The number of nitrogens with zero attached hydrogens (tertiary/aromatic N) is 2. The molecule has 0 spiro atoms. The number of aromatic nitrogens is 1. The summed E-state index contributed by atoms with van der Waals surface area (Å²) < 4.78 is 0.334. The van der Waals surface area contributed by atoms with Crippen LogP contribution < -0.4 is 10.6 Å². The minimum Gasteiger partial charge on any atom is -0.357 e. The lowest BCUT2D eigenvalue weighted by molar-refractivity contribution is 0.614. The average Bonchev–Trinajstić information content (AvgIpc) is 3.10. The Hall–Kier alpha value is -0.750. The molecule has 4 nitrogen and oxygen atoms in total. The first kappa shape index (κ1) is 17.6. The van der Waals surface area contributed by atoms with E-state index in [-0.39, 0.29) is 0 Å². The Labute approximate surface area is 142 Å². The summed E-state index contributed by atoms with van der Waals surface area (Å²) in [5.41, 5.74) is 1.13. The molecule has 22 heavy (non-hydrogen) atoms. The maximum atomic E-state index is 4.78. The van der Waals surface area contributed by atoms with Gasteiger partial charge in [-0.25, -0.2) is 4.98 Å². The number of hydrogen-bond acceptors (Lipinski definition) is 4. The molecule has 2 rings (SSSR count). The van der Waals surface area contributed by atoms with Crippen molar-refractivity contribution in [3.8, 4) is 0 Å². The van der Waals surface area contributed by atoms with Crippen molar-refractivity contribution in [2.45, 2.75) is 51.2 Å². The number of rotatable bonds is 7. The molecule has 0 saturated carbocycles. The fraction of sp³-hybridized carbons (Fsp3) is 0.750. The van der Waals surface area contributed by atoms with Crippen LogP contribution in [-0.2, 0) is 6.42 Å². The van der Waals surface area contributed by atoms with E-state index in [1.54, 1.807) is 11.3 Å². The zero-order valence-corrected chi connectivity index (χ0v) is 15.6. The number of aliphatic imine (C=N–C) groups is 1. The highest BCUT2D eigenvalue weighted by molar-refractivity contribution is 8.00. The fourth-order valence-electron chi connectivity index (χ4n) is 2.51. The van der Waals surface area contributed by atoms with Crippen molar-refractivity contribution < 1.29 is 0 Å². The minimum atomic E-state index is 0.334. The second-order valence-corrected chi connectivity index (χ2v) is 8.64. The topological polar surface area (TPSA) is 49.3 Å². The second-order valence-electron chi connectivity index (χ2n) is 6.01. The predicted molar refractivity (Wildman–Crippen MR) is 99.3 cm³/mol. The zero-order valence-electron chi connectivity index (χ0n) is 13.9. The molecule has 0 aromatic carbocycles. The Morgan fingerprint density at radius 1 is 1.45 bits per heavy atom. The summed E-state index contributed by atoms with van der Waals surface area (Å²) >= 11 is 3.82. The van der Waals surface area contributed by atoms with Crippen LogP contribution in [0.25, 0.3) is 0 Å². The third kappa shape index (κ3) is 5.80. The van der Waals surface area contributed by atoms with Gasteiger partial charge in [-0.3, -0.25) is 4.99 Å². The molecule has 2 heterocycles. The minimum absolute atomic E-state index is 0.334. The van der Waals surface area contributed by atoms with Gasteiger partial charge in [0.1, 0.15) is 0 Å². The third-order valence-electron chi connectivity index (χ3n) is 3.74. The van der Waals surface area contributed by atoms with E-state index in [0.29, 0.717) is 4.75 Å². The van der Waals surface area contributed by atoms with Gasteiger partial charge in [0.25, 0.3) is 0 Å². The summed E-state index contributed by atoms with van der Waals surface area (Å²) in [6.07, 6.45) is 4.74. The molecule has 1 atom stereocenters. The normalized spacial score (nSPS) is 22.0. The summed E-state index contributed by atoms with van der Waals surface area (Å²) in [5.74, 6) is 2.23. The van der Waals surface area contributed by atoms with Crippen molar-refractivity contribution in [2.75, 3.05) is 25.4 Å². The smallest absolute Gasteiger partial charge is 0.191 e. The molecular weight excluding hydrogens is 312 g/mol. The van der Waals surface area contributed by atoms with Gasteiger partial charge in [0.05, 0.1) is 11.6 Å². The van der Waals surface area contributed by atoms with Gasteiger partial charge in [-0.2, -0.15) is 11.8 Å². The van der Waals surface area contributed by atoms with Crippen LogP contribution in [0.15, 0.2) is 10.4 Å². The number of thiazole rings is 1. The Kier molecular flexibility index (Phi) is 7.02. The van der Waals surface area contributed by atoms with Gasteiger partial charge in [-0.05, 0) is 45.8 Å². The Morgan fingerprint density at radius 2 is 2.32 bits per heavy atom. The van der Waals surface area contributed by atoms with E-state index in [4.69, 9.17) is 4.99 Å². The fourth-order valence-corrected chi connectivity index (χ4v) is 4.56. The van der Waals surface area contributed by atoms with Gasteiger partial charge in [0.15, 0.2) is 5.96 Å². The largest absolute Gasteiger partial charge is 0.357 e. The van der Waals surface area contributed by atoms with Crippen LogP contribution in [-0.4, -0.2) is 41.1 Å². The Balaban J connectivity index is 1.73. The van der Waals surface area contributed by atoms with Gasteiger partial charge in [-0.15, -0.1) is 11.3 Å². The summed E-state index contributed by atoms with van der Waals surface area (Å²) in [6.45, 7) is 9.24.